The zero-order chi connectivity index (χ0) is 14.0. The summed E-state index contributed by atoms with van der Waals surface area (Å²) in [5, 5.41) is 5.97. The molecular weight excluding hydrogens is 256 g/mol. The topological polar surface area (TPSA) is 55.1 Å². The molecule has 1 aromatic carbocycles. The van der Waals surface area contributed by atoms with Gasteiger partial charge in [-0.2, -0.15) is 0 Å². The Bertz CT molecular complexity index is 583. The fourth-order valence-corrected chi connectivity index (χ4v) is 2.96. The summed E-state index contributed by atoms with van der Waals surface area (Å²) in [6, 6.07) is 7.92. The number of amides is 1. The molecule has 0 saturated heterocycles. The van der Waals surface area contributed by atoms with Crippen molar-refractivity contribution in [1.82, 2.24) is 5.32 Å². The van der Waals surface area contributed by atoms with Crippen LogP contribution in [0.4, 0.5) is 0 Å². The van der Waals surface area contributed by atoms with E-state index in [1.54, 1.807) is 11.3 Å². The lowest BCUT2D eigenvalue weighted by atomic mass is 9.86. The molecule has 0 radical (unpaired) electrons. The highest BCUT2D eigenvalue weighted by molar-refractivity contribution is 7.17. The van der Waals surface area contributed by atoms with Crippen molar-refractivity contribution >= 4 is 27.3 Å². The number of nitrogens with two attached hydrogens (primary N) is 1. The van der Waals surface area contributed by atoms with E-state index < -0.39 is 0 Å². The molecule has 3 N–H and O–H groups in total. The summed E-state index contributed by atoms with van der Waals surface area (Å²) in [7, 11) is 0. The Hall–Kier alpha value is -1.39. The van der Waals surface area contributed by atoms with E-state index in [9.17, 15) is 4.79 Å². The van der Waals surface area contributed by atoms with Gasteiger partial charge >= 0.3 is 0 Å². The van der Waals surface area contributed by atoms with Crippen molar-refractivity contribution in [3.05, 3.63) is 35.2 Å². The van der Waals surface area contributed by atoms with Gasteiger partial charge in [0.05, 0.1) is 5.56 Å². The highest BCUT2D eigenvalue weighted by atomic mass is 32.1. The van der Waals surface area contributed by atoms with Crippen LogP contribution in [0.5, 0.6) is 0 Å². The Morgan fingerprint density at radius 2 is 2.05 bits per heavy atom. The Labute approximate surface area is 117 Å². The molecule has 102 valence electrons. The normalized spacial score (nSPS) is 13.5. The molecule has 0 aliphatic carbocycles. The van der Waals surface area contributed by atoms with Crippen LogP contribution in [0.25, 0.3) is 10.1 Å². The maximum absolute atomic E-state index is 12.4. The summed E-state index contributed by atoms with van der Waals surface area (Å²) in [5.41, 5.74) is 6.45. The van der Waals surface area contributed by atoms with Crippen molar-refractivity contribution < 1.29 is 4.79 Å². The van der Waals surface area contributed by atoms with Gasteiger partial charge in [0.1, 0.15) is 0 Å². The highest BCUT2D eigenvalue weighted by Gasteiger charge is 2.25. The molecule has 0 aliphatic rings. The molecule has 1 heterocycles. The number of carbonyl (C=O) groups excluding carboxylic acids is 1. The van der Waals surface area contributed by atoms with E-state index in [1.807, 2.05) is 29.6 Å². The average Bonchev–Trinajstić information content (AvgIpc) is 2.78. The van der Waals surface area contributed by atoms with Crippen LogP contribution >= 0.6 is 11.3 Å². The molecule has 2 aromatic rings. The minimum atomic E-state index is -0.0454. The van der Waals surface area contributed by atoms with E-state index >= 15 is 0 Å². The van der Waals surface area contributed by atoms with Crippen molar-refractivity contribution in [1.29, 1.82) is 0 Å². The first-order valence-electron chi connectivity index (χ1n) is 6.40. The molecule has 0 aliphatic heterocycles. The quantitative estimate of drug-likeness (QED) is 0.905. The summed E-state index contributed by atoms with van der Waals surface area (Å²) in [4.78, 5) is 12.4. The van der Waals surface area contributed by atoms with E-state index in [2.05, 4.69) is 26.1 Å². The van der Waals surface area contributed by atoms with Gasteiger partial charge in [-0.25, -0.2) is 0 Å². The van der Waals surface area contributed by atoms with Crippen LogP contribution in [-0.2, 0) is 0 Å². The molecule has 2 rings (SSSR count). The summed E-state index contributed by atoms with van der Waals surface area (Å²) in [6.45, 7) is 6.68. The number of rotatable bonds is 3. The third-order valence-corrected chi connectivity index (χ3v) is 4.28. The average molecular weight is 276 g/mol. The van der Waals surface area contributed by atoms with Gasteiger partial charge < -0.3 is 11.1 Å². The first-order valence-corrected chi connectivity index (χ1v) is 7.28. The largest absolute Gasteiger partial charge is 0.347 e. The zero-order valence-corrected chi connectivity index (χ0v) is 12.4. The standard InChI is InChI=1S/C15H20N2OS/c1-15(2,3)13(8-16)17-14(18)11-9-19-12-7-5-4-6-10(11)12/h4-7,9,13H,8,16H2,1-3H3,(H,17,18). The van der Waals surface area contributed by atoms with Gasteiger partial charge in [0.25, 0.3) is 5.91 Å². The van der Waals surface area contributed by atoms with Gasteiger partial charge in [0, 0.05) is 28.1 Å². The van der Waals surface area contributed by atoms with Crippen LogP contribution in [0.1, 0.15) is 31.1 Å². The van der Waals surface area contributed by atoms with E-state index in [-0.39, 0.29) is 17.4 Å². The lowest BCUT2D eigenvalue weighted by molar-refractivity contribution is 0.0907. The predicted octanol–water partition coefficient (Wildman–Crippen LogP) is 3.00. The Morgan fingerprint density at radius 1 is 1.37 bits per heavy atom. The second kappa shape index (κ2) is 5.31. The number of hydrogen-bond donors (Lipinski definition) is 2. The molecule has 0 fully saturated rings. The number of hydrogen-bond acceptors (Lipinski definition) is 3. The second-order valence-corrected chi connectivity index (χ2v) is 6.68. The molecule has 19 heavy (non-hydrogen) atoms. The third-order valence-electron chi connectivity index (χ3n) is 3.31. The van der Waals surface area contributed by atoms with E-state index in [1.165, 1.54) is 0 Å². The van der Waals surface area contributed by atoms with E-state index in [0.29, 0.717) is 6.54 Å². The smallest absolute Gasteiger partial charge is 0.253 e. The lowest BCUT2D eigenvalue weighted by Crippen LogP contribution is -2.48. The molecule has 1 atom stereocenters. The van der Waals surface area contributed by atoms with Gasteiger partial charge in [0.15, 0.2) is 0 Å². The fraction of sp³-hybridized carbons (Fsp3) is 0.400. The van der Waals surface area contributed by atoms with Crippen LogP contribution in [0.3, 0.4) is 0 Å². The van der Waals surface area contributed by atoms with E-state index in [0.717, 1.165) is 15.6 Å². The van der Waals surface area contributed by atoms with Gasteiger partial charge in [-0.1, -0.05) is 39.0 Å². The first kappa shape index (κ1) is 14.0. The van der Waals surface area contributed by atoms with Crippen LogP contribution in [0.2, 0.25) is 0 Å². The van der Waals surface area contributed by atoms with E-state index in [4.69, 9.17) is 5.73 Å². The second-order valence-electron chi connectivity index (χ2n) is 5.77. The summed E-state index contributed by atoms with van der Waals surface area (Å²) in [5.74, 6) is -0.0391. The molecule has 4 heteroatoms. The van der Waals surface area contributed by atoms with Gasteiger partial charge in [-0.15, -0.1) is 11.3 Å². The summed E-state index contributed by atoms with van der Waals surface area (Å²) >= 11 is 1.59. The lowest BCUT2D eigenvalue weighted by Gasteiger charge is -2.30. The number of benzene rings is 1. The number of carbonyl (C=O) groups is 1. The van der Waals surface area contributed by atoms with Crippen molar-refractivity contribution in [2.45, 2.75) is 26.8 Å². The van der Waals surface area contributed by atoms with Crippen molar-refractivity contribution in [2.75, 3.05) is 6.54 Å². The maximum atomic E-state index is 12.4. The minimum Gasteiger partial charge on any atom is -0.347 e. The SMILES string of the molecule is CC(C)(C)C(CN)NC(=O)c1csc2ccccc12. The number of nitrogens with one attached hydrogen (secondary N) is 1. The molecule has 3 nitrogen and oxygen atoms in total. The number of fused-ring (bicyclic) bond motifs is 1. The summed E-state index contributed by atoms with van der Waals surface area (Å²) in [6.07, 6.45) is 0. The van der Waals surface area contributed by atoms with Gasteiger partial charge in [0.2, 0.25) is 0 Å². The van der Waals surface area contributed by atoms with Gasteiger partial charge in [-0.05, 0) is 11.5 Å². The van der Waals surface area contributed by atoms with Crippen molar-refractivity contribution in [3.8, 4) is 0 Å². The maximum Gasteiger partial charge on any atom is 0.253 e. The number of thiophene rings is 1. The predicted molar refractivity (Wildman–Crippen MR) is 81.6 cm³/mol. The molecular formula is C15H20N2OS. The van der Waals surface area contributed by atoms with Crippen LogP contribution < -0.4 is 11.1 Å². The molecule has 0 spiro atoms. The van der Waals surface area contributed by atoms with Gasteiger partial charge in [-0.3, -0.25) is 4.79 Å². The molecule has 0 saturated carbocycles. The summed E-state index contributed by atoms with van der Waals surface area (Å²) < 4.78 is 1.13. The van der Waals surface area contributed by atoms with Crippen molar-refractivity contribution in [3.63, 3.8) is 0 Å². The zero-order valence-electron chi connectivity index (χ0n) is 11.6. The first-order chi connectivity index (χ1) is 8.93. The molecule has 1 amide bonds. The molecule has 0 bridgehead atoms. The minimum absolute atomic E-state index is 0.0290. The third kappa shape index (κ3) is 2.96. The van der Waals surface area contributed by atoms with Crippen LogP contribution in [0.15, 0.2) is 29.6 Å². The Morgan fingerprint density at radius 3 is 2.68 bits per heavy atom. The van der Waals surface area contributed by atoms with Crippen molar-refractivity contribution in [2.24, 2.45) is 11.1 Å². The molecule has 1 unspecified atom stereocenters. The monoisotopic (exact) mass is 276 g/mol. The fourth-order valence-electron chi connectivity index (χ4n) is 2.02. The van der Waals surface area contributed by atoms with Crippen LogP contribution in [0, 0.1) is 5.41 Å². The highest BCUT2D eigenvalue weighted by Crippen LogP contribution is 2.26. The van der Waals surface area contributed by atoms with Crippen LogP contribution in [-0.4, -0.2) is 18.5 Å². The molecule has 1 aromatic heterocycles. The Balaban J connectivity index is 2.25. The Kier molecular flexibility index (Phi) is 3.92.